The van der Waals surface area contributed by atoms with Crippen molar-refractivity contribution < 1.29 is 15.0 Å². The summed E-state index contributed by atoms with van der Waals surface area (Å²) < 4.78 is 0. The highest BCUT2D eigenvalue weighted by Crippen LogP contribution is 2.45. The van der Waals surface area contributed by atoms with E-state index in [1.807, 2.05) is 13.0 Å². The average molecular weight is 224 g/mol. The maximum absolute atomic E-state index is 10.9. The van der Waals surface area contributed by atoms with Gasteiger partial charge in [-0.25, -0.2) is 0 Å². The van der Waals surface area contributed by atoms with Gasteiger partial charge in [0.05, 0.1) is 6.10 Å². The molecule has 90 valence electrons. The summed E-state index contributed by atoms with van der Waals surface area (Å²) in [7, 11) is 0. The van der Waals surface area contributed by atoms with E-state index in [-0.39, 0.29) is 5.78 Å². The van der Waals surface area contributed by atoms with Crippen LogP contribution in [0.25, 0.3) is 0 Å². The number of hydrogen-bond acceptors (Lipinski definition) is 3. The monoisotopic (exact) mass is 224 g/mol. The second-order valence-corrected chi connectivity index (χ2v) is 5.07. The van der Waals surface area contributed by atoms with Gasteiger partial charge in [-0.3, -0.25) is 4.79 Å². The zero-order chi connectivity index (χ0) is 12.6. The Morgan fingerprint density at radius 2 is 2.12 bits per heavy atom. The van der Waals surface area contributed by atoms with Gasteiger partial charge in [0.2, 0.25) is 0 Å². The van der Waals surface area contributed by atoms with Crippen LogP contribution in [0.4, 0.5) is 0 Å². The molecule has 1 rings (SSSR count). The fourth-order valence-electron chi connectivity index (χ4n) is 2.08. The van der Waals surface area contributed by atoms with Gasteiger partial charge in [-0.1, -0.05) is 19.9 Å². The first-order valence-corrected chi connectivity index (χ1v) is 5.49. The van der Waals surface area contributed by atoms with E-state index in [1.165, 1.54) is 19.1 Å². The second-order valence-electron chi connectivity index (χ2n) is 5.07. The first-order valence-electron chi connectivity index (χ1n) is 5.49. The molecule has 0 bridgehead atoms. The van der Waals surface area contributed by atoms with Gasteiger partial charge in [0, 0.05) is 5.41 Å². The van der Waals surface area contributed by atoms with Crippen molar-refractivity contribution in [1.29, 1.82) is 0 Å². The van der Waals surface area contributed by atoms with E-state index in [0.29, 0.717) is 6.42 Å². The quantitative estimate of drug-likeness (QED) is 0.553. The molecule has 0 spiro atoms. The van der Waals surface area contributed by atoms with E-state index in [1.54, 1.807) is 13.8 Å². The summed E-state index contributed by atoms with van der Waals surface area (Å²) in [4.78, 5) is 10.9. The Bertz CT molecular complexity index is 352. The number of aliphatic hydroxyl groups excluding tert-OH is 1. The molecule has 0 aromatic heterocycles. The summed E-state index contributed by atoms with van der Waals surface area (Å²) in [5, 5.41) is 20.6. The molecule has 1 aliphatic carbocycles. The first-order chi connectivity index (χ1) is 7.22. The smallest absolute Gasteiger partial charge is 0.152 e. The molecule has 3 nitrogen and oxygen atoms in total. The Kier molecular flexibility index (Phi) is 3.41. The zero-order valence-electron chi connectivity index (χ0n) is 10.3. The molecule has 0 aliphatic heterocycles. The zero-order valence-corrected chi connectivity index (χ0v) is 10.3. The number of aliphatic hydroxyl groups is 2. The van der Waals surface area contributed by atoms with E-state index >= 15 is 0 Å². The van der Waals surface area contributed by atoms with Crippen molar-refractivity contribution in [3.8, 4) is 0 Å². The molecular formula is C13H20O3. The highest BCUT2D eigenvalue weighted by Gasteiger charge is 2.49. The van der Waals surface area contributed by atoms with Crippen LogP contribution in [0.5, 0.6) is 0 Å². The Morgan fingerprint density at radius 1 is 1.56 bits per heavy atom. The lowest BCUT2D eigenvalue weighted by atomic mass is 9.63. The molecule has 2 N–H and O–H groups in total. The molecule has 1 aliphatic rings. The van der Waals surface area contributed by atoms with Gasteiger partial charge in [0.1, 0.15) is 5.60 Å². The molecular weight excluding hydrogens is 204 g/mol. The molecule has 2 atom stereocenters. The van der Waals surface area contributed by atoms with Gasteiger partial charge in [-0.05, 0) is 38.0 Å². The molecule has 0 aromatic rings. The summed E-state index contributed by atoms with van der Waals surface area (Å²) in [6.45, 7) is 6.86. The number of allylic oxidation sites excluding steroid dienone is 1. The van der Waals surface area contributed by atoms with Crippen molar-refractivity contribution in [3.05, 3.63) is 23.8 Å². The fraction of sp³-hybridized carbons (Fsp3) is 0.615. The number of rotatable bonds is 2. The van der Waals surface area contributed by atoms with Crippen molar-refractivity contribution in [3.63, 3.8) is 0 Å². The van der Waals surface area contributed by atoms with Gasteiger partial charge in [-0.15, -0.1) is 0 Å². The Hall–Kier alpha value is -0.930. The molecule has 16 heavy (non-hydrogen) atoms. The van der Waals surface area contributed by atoms with E-state index in [9.17, 15) is 15.0 Å². The molecule has 3 heteroatoms. The van der Waals surface area contributed by atoms with Crippen LogP contribution in [0, 0.1) is 5.41 Å². The van der Waals surface area contributed by atoms with Crippen LogP contribution >= 0.6 is 0 Å². The van der Waals surface area contributed by atoms with Crippen LogP contribution in [-0.2, 0) is 4.79 Å². The third-order valence-electron chi connectivity index (χ3n) is 3.62. The van der Waals surface area contributed by atoms with Gasteiger partial charge < -0.3 is 10.2 Å². The number of carbonyl (C=O) groups is 1. The number of carbonyl (C=O) groups excluding carboxylic acids is 1. The highest BCUT2D eigenvalue weighted by molar-refractivity contribution is 5.87. The van der Waals surface area contributed by atoms with Gasteiger partial charge in [-0.2, -0.15) is 0 Å². The van der Waals surface area contributed by atoms with E-state index in [4.69, 9.17) is 0 Å². The van der Waals surface area contributed by atoms with Crippen LogP contribution in [-0.4, -0.2) is 27.7 Å². The Labute approximate surface area is 96.5 Å². The van der Waals surface area contributed by atoms with Crippen LogP contribution in [0.2, 0.25) is 0 Å². The molecule has 0 radical (unpaired) electrons. The topological polar surface area (TPSA) is 57.5 Å². The van der Waals surface area contributed by atoms with Gasteiger partial charge in [0.15, 0.2) is 5.78 Å². The highest BCUT2D eigenvalue weighted by atomic mass is 16.3. The third-order valence-corrected chi connectivity index (χ3v) is 3.62. The lowest BCUT2D eigenvalue weighted by Crippen LogP contribution is -2.53. The average Bonchev–Trinajstić information content (AvgIpc) is 2.19. The summed E-state index contributed by atoms with van der Waals surface area (Å²) in [6.07, 6.45) is 4.59. The van der Waals surface area contributed by atoms with Crippen molar-refractivity contribution in [1.82, 2.24) is 0 Å². The van der Waals surface area contributed by atoms with Crippen molar-refractivity contribution >= 4 is 5.78 Å². The standard InChI is InChI=1S/C13H20O3/c1-9-5-6-11(15)12(3,4)13(9,16)8-7-10(2)14/h5,7-8,11,15-16H,6H2,1-4H3. The predicted molar refractivity (Wildman–Crippen MR) is 62.9 cm³/mol. The summed E-state index contributed by atoms with van der Waals surface area (Å²) in [6, 6.07) is 0. The van der Waals surface area contributed by atoms with Gasteiger partial charge in [0.25, 0.3) is 0 Å². The predicted octanol–water partition coefficient (Wildman–Crippen LogP) is 1.60. The van der Waals surface area contributed by atoms with Crippen LogP contribution < -0.4 is 0 Å². The minimum absolute atomic E-state index is 0.114. The number of ketones is 1. The number of hydrogen-bond donors (Lipinski definition) is 2. The van der Waals surface area contributed by atoms with E-state index in [0.717, 1.165) is 5.57 Å². The normalized spacial score (nSPS) is 33.9. The van der Waals surface area contributed by atoms with Crippen LogP contribution in [0.15, 0.2) is 23.8 Å². The lowest BCUT2D eigenvalue weighted by molar-refractivity contribution is -0.113. The molecule has 0 amide bonds. The second kappa shape index (κ2) is 4.15. The largest absolute Gasteiger partial charge is 0.392 e. The van der Waals surface area contributed by atoms with Crippen molar-refractivity contribution in [2.45, 2.75) is 45.8 Å². The van der Waals surface area contributed by atoms with E-state index in [2.05, 4.69) is 0 Å². The third kappa shape index (κ3) is 1.97. The van der Waals surface area contributed by atoms with Crippen molar-refractivity contribution in [2.75, 3.05) is 0 Å². The molecule has 0 fully saturated rings. The van der Waals surface area contributed by atoms with Gasteiger partial charge >= 0.3 is 0 Å². The van der Waals surface area contributed by atoms with E-state index < -0.39 is 17.1 Å². The lowest BCUT2D eigenvalue weighted by Gasteiger charge is -2.47. The maximum atomic E-state index is 10.9. The first kappa shape index (κ1) is 13.1. The fourth-order valence-corrected chi connectivity index (χ4v) is 2.08. The minimum Gasteiger partial charge on any atom is -0.392 e. The Balaban J connectivity index is 3.19. The van der Waals surface area contributed by atoms with Crippen LogP contribution in [0.3, 0.4) is 0 Å². The van der Waals surface area contributed by atoms with Crippen LogP contribution in [0.1, 0.15) is 34.1 Å². The summed E-state index contributed by atoms with van der Waals surface area (Å²) in [5.41, 5.74) is -1.17. The molecule has 2 unspecified atom stereocenters. The SMILES string of the molecule is CC(=O)C=CC1(O)C(C)=CCC(O)C1(C)C. The maximum Gasteiger partial charge on any atom is 0.152 e. The Morgan fingerprint density at radius 3 is 2.62 bits per heavy atom. The molecule has 0 saturated carbocycles. The molecule has 0 heterocycles. The molecule has 0 aromatic carbocycles. The van der Waals surface area contributed by atoms with Crippen molar-refractivity contribution in [2.24, 2.45) is 5.41 Å². The summed E-state index contributed by atoms with van der Waals surface area (Å²) >= 11 is 0. The minimum atomic E-state index is -1.25. The molecule has 0 saturated heterocycles. The summed E-state index contributed by atoms with van der Waals surface area (Å²) in [5.74, 6) is -0.114.